The van der Waals surface area contributed by atoms with Crippen molar-refractivity contribution >= 4 is 40.4 Å². The molecule has 0 radical (unpaired) electrons. The van der Waals surface area contributed by atoms with Gasteiger partial charge in [-0.25, -0.2) is 14.0 Å². The molecule has 0 saturated carbocycles. The third-order valence-corrected chi connectivity index (χ3v) is 6.36. The molecular formula is C25H24ClFN5O+. The summed E-state index contributed by atoms with van der Waals surface area (Å²) in [6, 6.07) is 19.4. The number of piperazine rings is 1. The van der Waals surface area contributed by atoms with Gasteiger partial charge in [-0.15, -0.1) is 0 Å². The van der Waals surface area contributed by atoms with Crippen LogP contribution in [-0.2, 0) is 0 Å². The van der Waals surface area contributed by atoms with E-state index in [0.717, 1.165) is 28.5 Å². The van der Waals surface area contributed by atoms with Gasteiger partial charge in [-0.05, 0) is 54.6 Å². The monoisotopic (exact) mass is 464 g/mol. The second kappa shape index (κ2) is 8.50. The number of amides is 1. The number of hydrogen-bond donors (Lipinski definition) is 2. The summed E-state index contributed by atoms with van der Waals surface area (Å²) in [4.78, 5) is 19.9. The Morgan fingerprint density at radius 2 is 1.79 bits per heavy atom. The first-order valence-electron chi connectivity index (χ1n) is 10.8. The largest absolute Gasteiger partial charge is 0.353 e. The van der Waals surface area contributed by atoms with Gasteiger partial charge in [-0.3, -0.25) is 4.79 Å². The van der Waals surface area contributed by atoms with Crippen LogP contribution in [-0.4, -0.2) is 54.5 Å². The second-order valence-corrected chi connectivity index (χ2v) is 8.98. The number of aliphatic imine (C=N–C) groups is 1. The molecule has 0 bridgehead atoms. The number of quaternary nitrogens is 1. The number of nitrogens with one attached hydrogen (secondary N) is 2. The fourth-order valence-electron chi connectivity index (χ4n) is 4.19. The van der Waals surface area contributed by atoms with Crippen molar-refractivity contribution in [2.45, 2.75) is 0 Å². The summed E-state index contributed by atoms with van der Waals surface area (Å²) >= 11 is 6.25. The normalized spacial score (nSPS) is 16.6. The molecule has 33 heavy (non-hydrogen) atoms. The molecule has 2 aliphatic rings. The van der Waals surface area contributed by atoms with Crippen LogP contribution in [0.3, 0.4) is 0 Å². The third kappa shape index (κ3) is 4.42. The van der Waals surface area contributed by atoms with E-state index in [2.05, 4.69) is 21.7 Å². The van der Waals surface area contributed by atoms with Gasteiger partial charge >= 0.3 is 0 Å². The number of fused-ring (bicyclic) bond motifs is 2. The van der Waals surface area contributed by atoms with Gasteiger partial charge in [-0.1, -0.05) is 23.7 Å². The molecule has 0 aliphatic carbocycles. The number of likely N-dealkylation sites (N-methyl/N-ethyl adjacent to an activating group) is 1. The molecule has 0 atom stereocenters. The van der Waals surface area contributed by atoms with Crippen molar-refractivity contribution in [3.63, 3.8) is 0 Å². The summed E-state index contributed by atoms with van der Waals surface area (Å²) in [5.74, 6) is 0.313. The van der Waals surface area contributed by atoms with Crippen molar-refractivity contribution in [2.24, 2.45) is 4.99 Å². The van der Waals surface area contributed by atoms with Gasteiger partial charge in [0.2, 0.25) is 0 Å². The summed E-state index contributed by atoms with van der Waals surface area (Å²) in [5.41, 5.74) is 7.25. The minimum Gasteiger partial charge on any atom is -0.353 e. The van der Waals surface area contributed by atoms with Crippen LogP contribution in [0, 0.1) is 5.82 Å². The molecule has 1 amide bonds. The summed E-state index contributed by atoms with van der Waals surface area (Å²) in [6.07, 6.45) is 0. The minimum absolute atomic E-state index is 0.212. The topological polar surface area (TPSA) is 56.7 Å². The van der Waals surface area contributed by atoms with Crippen LogP contribution in [0.4, 0.5) is 21.5 Å². The Morgan fingerprint density at radius 1 is 1.06 bits per heavy atom. The summed E-state index contributed by atoms with van der Waals surface area (Å²) in [5, 5.41) is 4.11. The second-order valence-electron chi connectivity index (χ2n) is 8.55. The van der Waals surface area contributed by atoms with Crippen LogP contribution in [0.5, 0.6) is 0 Å². The number of carbonyl (C=O) groups is 1. The lowest BCUT2D eigenvalue weighted by Crippen LogP contribution is -2.65. The van der Waals surface area contributed by atoms with Crippen LogP contribution in [0.2, 0.25) is 5.02 Å². The average Bonchev–Trinajstić information content (AvgIpc) is 2.96. The number of amidine groups is 1. The van der Waals surface area contributed by atoms with Gasteiger partial charge in [0, 0.05) is 21.8 Å². The molecular weight excluding hydrogens is 441 g/mol. The van der Waals surface area contributed by atoms with Gasteiger partial charge in [0.25, 0.3) is 5.91 Å². The van der Waals surface area contributed by atoms with E-state index < -0.39 is 0 Å². The highest BCUT2D eigenvalue weighted by Gasteiger charge is 2.34. The van der Waals surface area contributed by atoms with Crippen molar-refractivity contribution in [3.05, 3.63) is 88.7 Å². The smallest absolute Gasteiger partial charge is 0.295 e. The number of para-hydroxylation sites is 1. The molecule has 0 aromatic heterocycles. The molecule has 2 aliphatic heterocycles. The van der Waals surface area contributed by atoms with Gasteiger partial charge in [0.05, 0.1) is 31.5 Å². The molecule has 0 spiro atoms. The summed E-state index contributed by atoms with van der Waals surface area (Å²) in [6.45, 7) is 2.82. The molecule has 1 fully saturated rings. The Labute approximate surface area is 196 Å². The Morgan fingerprint density at radius 3 is 2.55 bits per heavy atom. The van der Waals surface area contributed by atoms with Crippen molar-refractivity contribution in [2.75, 3.05) is 38.5 Å². The number of rotatable bonds is 2. The van der Waals surface area contributed by atoms with Crippen molar-refractivity contribution in [3.8, 4) is 0 Å². The van der Waals surface area contributed by atoms with Crippen molar-refractivity contribution in [1.82, 2.24) is 10.3 Å². The Balaban J connectivity index is 1.37. The van der Waals surface area contributed by atoms with E-state index in [1.165, 1.54) is 24.3 Å². The molecule has 8 heteroatoms. The highest BCUT2D eigenvalue weighted by atomic mass is 35.5. The number of carbonyl (C=O) groups excluding carboxylic acids is 1. The molecule has 1 saturated heterocycles. The quantitative estimate of drug-likeness (QED) is 0.539. The van der Waals surface area contributed by atoms with Crippen LogP contribution in [0.1, 0.15) is 15.9 Å². The highest BCUT2D eigenvalue weighted by molar-refractivity contribution is 6.31. The summed E-state index contributed by atoms with van der Waals surface area (Å²) in [7, 11) is 2.00. The van der Waals surface area contributed by atoms with E-state index in [1.807, 2.05) is 43.4 Å². The number of anilines is 2. The fraction of sp³-hybridized carbons (Fsp3) is 0.200. The zero-order valence-electron chi connectivity index (χ0n) is 18.2. The third-order valence-electron chi connectivity index (χ3n) is 6.13. The maximum Gasteiger partial charge on any atom is 0.295 e. The number of halogens is 2. The number of nitrogens with zero attached hydrogens (tertiary/aromatic N) is 3. The maximum atomic E-state index is 13.2. The highest BCUT2D eigenvalue weighted by Crippen LogP contribution is 2.36. The first kappa shape index (κ1) is 21.4. The standard InChI is InChI=1S/C25H23ClFN5O/c1-32(30-25(33)17-6-9-19(27)10-7-17)14-12-31(13-15-32)24-20-4-2-3-5-21(20)28-22-11-8-18(26)16-23(22)29-24/h2-11,16H,12-15H2,1H3,(H-,28,29,30,33)/p+1. The van der Waals surface area contributed by atoms with Gasteiger partial charge < -0.3 is 10.2 Å². The molecule has 3 aromatic rings. The predicted molar refractivity (Wildman–Crippen MR) is 129 cm³/mol. The molecule has 6 nitrogen and oxygen atoms in total. The predicted octanol–water partition coefficient (Wildman–Crippen LogP) is 4.72. The number of benzene rings is 3. The Kier molecular flexibility index (Phi) is 5.52. The minimum atomic E-state index is -0.359. The van der Waals surface area contributed by atoms with Gasteiger partial charge in [0.15, 0.2) is 0 Å². The molecule has 168 valence electrons. The van der Waals surface area contributed by atoms with Crippen molar-refractivity contribution < 1.29 is 13.8 Å². The molecule has 2 N–H and O–H groups in total. The Hall–Kier alpha value is -3.42. The number of hydrogen-bond acceptors (Lipinski definition) is 4. The fourth-order valence-corrected chi connectivity index (χ4v) is 4.36. The lowest BCUT2D eigenvalue weighted by atomic mass is 10.1. The maximum absolute atomic E-state index is 13.2. The zero-order chi connectivity index (χ0) is 23.0. The lowest BCUT2D eigenvalue weighted by molar-refractivity contribution is -0.946. The van der Waals surface area contributed by atoms with Gasteiger partial charge in [0.1, 0.15) is 24.7 Å². The first-order chi connectivity index (χ1) is 15.9. The van der Waals surface area contributed by atoms with Crippen LogP contribution in [0.25, 0.3) is 0 Å². The lowest BCUT2D eigenvalue weighted by Gasteiger charge is -2.42. The van der Waals surface area contributed by atoms with E-state index in [-0.39, 0.29) is 11.7 Å². The first-order valence-corrected chi connectivity index (χ1v) is 11.2. The van der Waals surface area contributed by atoms with Gasteiger partial charge in [-0.2, -0.15) is 5.43 Å². The van der Waals surface area contributed by atoms with Crippen LogP contribution < -0.4 is 10.7 Å². The molecule has 2 heterocycles. The summed E-state index contributed by atoms with van der Waals surface area (Å²) < 4.78 is 13.6. The molecule has 3 aromatic carbocycles. The molecule has 0 unspecified atom stereocenters. The van der Waals surface area contributed by atoms with Crippen LogP contribution in [0.15, 0.2) is 71.7 Å². The van der Waals surface area contributed by atoms with E-state index in [9.17, 15) is 9.18 Å². The van der Waals surface area contributed by atoms with Crippen molar-refractivity contribution in [1.29, 1.82) is 0 Å². The van der Waals surface area contributed by atoms with E-state index in [0.29, 0.717) is 41.4 Å². The van der Waals surface area contributed by atoms with E-state index in [4.69, 9.17) is 16.6 Å². The van der Waals surface area contributed by atoms with E-state index >= 15 is 0 Å². The zero-order valence-corrected chi connectivity index (χ0v) is 18.9. The molecule has 5 rings (SSSR count). The average molecular weight is 465 g/mol. The SMILES string of the molecule is C[N+]1(NC(=O)c2ccc(F)cc2)CCN(C2=Nc3cc(Cl)ccc3Nc3ccccc32)CC1. The van der Waals surface area contributed by atoms with E-state index in [1.54, 1.807) is 0 Å². The van der Waals surface area contributed by atoms with Crippen LogP contribution >= 0.6 is 11.6 Å². The Bertz CT molecular complexity index is 1240.